The van der Waals surface area contributed by atoms with Crippen molar-refractivity contribution in [3.8, 4) is 11.3 Å². The average Bonchev–Trinajstić information content (AvgIpc) is 3.10. The molecule has 0 saturated carbocycles. The number of pyridine rings is 1. The highest BCUT2D eigenvalue weighted by atomic mass is 15.2. The first-order valence-corrected chi connectivity index (χ1v) is 13.0. The Bertz CT molecular complexity index is 1150. The number of nitrogens with zero attached hydrogens (tertiary/aromatic N) is 4. The van der Waals surface area contributed by atoms with Crippen LogP contribution >= 0.6 is 0 Å². The van der Waals surface area contributed by atoms with Crippen LogP contribution in [0.25, 0.3) is 22.2 Å². The van der Waals surface area contributed by atoms with Gasteiger partial charge in [0.15, 0.2) is 0 Å². The van der Waals surface area contributed by atoms with Crippen LogP contribution in [-0.2, 0) is 13.0 Å². The quantitative estimate of drug-likeness (QED) is 0.447. The van der Waals surface area contributed by atoms with E-state index in [1.54, 1.807) is 0 Å². The largest absolute Gasteiger partial charge is 0.368 e. The number of aryl methyl sites for hydroxylation is 1. The second-order valence-corrected chi connectivity index (χ2v) is 11.1. The summed E-state index contributed by atoms with van der Waals surface area (Å²) in [5.41, 5.74) is 8.74. The van der Waals surface area contributed by atoms with E-state index in [4.69, 9.17) is 12.8 Å². The van der Waals surface area contributed by atoms with Crippen molar-refractivity contribution in [1.29, 1.82) is 0 Å². The summed E-state index contributed by atoms with van der Waals surface area (Å²) in [6, 6.07) is 8.83. The molecular weight excluding hydrogens is 415 g/mol. The standard InChI is InChI=1S/C29H41BN4/c1-8-29(5,6)18-25-23-16-21(30)10-11-26(23)34(9-2)28(25)24-17-22(19-31-27(24)20(3)4)33-14-12-32(7)13-15-33/h10-11,16-17,19-20H,8-9,12-15,18H2,1-7H3. The number of piperazine rings is 1. The maximum atomic E-state index is 6.31. The third kappa shape index (κ3) is 4.77. The zero-order valence-corrected chi connectivity index (χ0v) is 22.3. The van der Waals surface area contributed by atoms with Gasteiger partial charge in [-0.3, -0.25) is 4.98 Å². The summed E-state index contributed by atoms with van der Waals surface area (Å²) in [4.78, 5) is 9.97. The Morgan fingerprint density at radius 1 is 1.06 bits per heavy atom. The van der Waals surface area contributed by atoms with Crippen molar-refractivity contribution in [1.82, 2.24) is 14.5 Å². The molecule has 5 heteroatoms. The second-order valence-electron chi connectivity index (χ2n) is 11.1. The first-order chi connectivity index (χ1) is 16.1. The molecule has 4 nitrogen and oxygen atoms in total. The Balaban J connectivity index is 1.98. The van der Waals surface area contributed by atoms with Crippen LogP contribution in [-0.4, -0.2) is 55.5 Å². The molecule has 0 unspecified atom stereocenters. The topological polar surface area (TPSA) is 24.3 Å². The van der Waals surface area contributed by atoms with E-state index in [1.165, 1.54) is 39.1 Å². The Morgan fingerprint density at radius 3 is 2.38 bits per heavy atom. The van der Waals surface area contributed by atoms with E-state index in [0.717, 1.165) is 51.0 Å². The van der Waals surface area contributed by atoms with Crippen molar-refractivity contribution in [2.24, 2.45) is 5.41 Å². The molecule has 3 aromatic rings. The summed E-state index contributed by atoms with van der Waals surface area (Å²) in [7, 11) is 8.51. The molecule has 3 heterocycles. The lowest BCUT2D eigenvalue weighted by atomic mass is 9.81. The number of rotatable bonds is 7. The van der Waals surface area contributed by atoms with Gasteiger partial charge in [0.2, 0.25) is 0 Å². The number of aromatic nitrogens is 2. The minimum absolute atomic E-state index is 0.201. The number of benzene rings is 1. The predicted octanol–water partition coefficient (Wildman–Crippen LogP) is 5.37. The summed E-state index contributed by atoms with van der Waals surface area (Å²) in [6.45, 7) is 19.0. The van der Waals surface area contributed by atoms with Gasteiger partial charge in [-0.2, -0.15) is 0 Å². The van der Waals surface area contributed by atoms with Crippen molar-refractivity contribution in [3.63, 3.8) is 0 Å². The van der Waals surface area contributed by atoms with Crippen LogP contribution in [0.3, 0.4) is 0 Å². The normalized spacial score (nSPS) is 15.6. The Kier molecular flexibility index (Phi) is 7.14. The molecule has 34 heavy (non-hydrogen) atoms. The van der Waals surface area contributed by atoms with Gasteiger partial charge in [-0.05, 0) is 49.4 Å². The second kappa shape index (κ2) is 9.77. The fourth-order valence-corrected chi connectivity index (χ4v) is 5.21. The van der Waals surface area contributed by atoms with Crippen LogP contribution < -0.4 is 10.4 Å². The van der Waals surface area contributed by atoms with Crippen molar-refractivity contribution in [2.75, 3.05) is 38.1 Å². The molecule has 4 rings (SSSR count). The van der Waals surface area contributed by atoms with E-state index >= 15 is 0 Å². The van der Waals surface area contributed by atoms with Crippen molar-refractivity contribution < 1.29 is 0 Å². The fourth-order valence-electron chi connectivity index (χ4n) is 5.21. The Morgan fingerprint density at radius 2 is 1.76 bits per heavy atom. The molecule has 1 aliphatic heterocycles. The fraction of sp³-hybridized carbons (Fsp3) is 0.552. The molecule has 0 aliphatic carbocycles. The van der Waals surface area contributed by atoms with Crippen LogP contribution in [0.15, 0.2) is 30.5 Å². The van der Waals surface area contributed by atoms with Gasteiger partial charge in [0.1, 0.15) is 7.85 Å². The molecule has 1 aliphatic rings. The summed E-state index contributed by atoms with van der Waals surface area (Å²) in [5.74, 6) is 0.344. The minimum Gasteiger partial charge on any atom is -0.368 e. The first kappa shape index (κ1) is 24.8. The van der Waals surface area contributed by atoms with Crippen LogP contribution in [0.2, 0.25) is 0 Å². The van der Waals surface area contributed by atoms with E-state index in [9.17, 15) is 0 Å². The monoisotopic (exact) mass is 456 g/mol. The predicted molar refractivity (Wildman–Crippen MR) is 148 cm³/mol. The number of hydrogen-bond donors (Lipinski definition) is 0. The van der Waals surface area contributed by atoms with Crippen LogP contribution in [0.1, 0.15) is 65.1 Å². The lowest BCUT2D eigenvalue weighted by Crippen LogP contribution is -2.44. The Hall–Kier alpha value is -2.27. The molecule has 0 spiro atoms. The SMILES string of the molecule is [B]c1ccc2c(c1)c(CC(C)(C)CC)c(-c1cc(N3CCN(C)CC3)cnc1C(C)C)n2CC. The van der Waals surface area contributed by atoms with Gasteiger partial charge in [-0.1, -0.05) is 58.6 Å². The number of likely N-dealkylation sites (N-methyl/N-ethyl adjacent to an activating group) is 1. The van der Waals surface area contributed by atoms with Crippen LogP contribution in [0.4, 0.5) is 5.69 Å². The van der Waals surface area contributed by atoms with Gasteiger partial charge in [-0.15, -0.1) is 0 Å². The molecule has 1 saturated heterocycles. The highest BCUT2D eigenvalue weighted by Gasteiger charge is 2.27. The molecule has 180 valence electrons. The van der Waals surface area contributed by atoms with Crippen LogP contribution in [0, 0.1) is 5.41 Å². The molecule has 1 fully saturated rings. The molecule has 0 bridgehead atoms. The molecular formula is C29H41BN4. The first-order valence-electron chi connectivity index (χ1n) is 13.0. The highest BCUT2D eigenvalue weighted by molar-refractivity contribution is 6.33. The molecule has 0 N–H and O–H groups in total. The zero-order valence-electron chi connectivity index (χ0n) is 22.3. The van der Waals surface area contributed by atoms with E-state index in [0.29, 0.717) is 5.92 Å². The molecule has 1 aromatic carbocycles. The van der Waals surface area contributed by atoms with E-state index < -0.39 is 0 Å². The molecule has 0 amide bonds. The molecule has 2 radical (unpaired) electrons. The van der Waals surface area contributed by atoms with Gasteiger partial charge in [0.05, 0.1) is 23.3 Å². The maximum absolute atomic E-state index is 6.31. The maximum Gasteiger partial charge on any atom is 0.113 e. The van der Waals surface area contributed by atoms with E-state index in [2.05, 4.69) is 87.4 Å². The number of hydrogen-bond acceptors (Lipinski definition) is 3. The van der Waals surface area contributed by atoms with Crippen molar-refractivity contribution >= 4 is 29.9 Å². The van der Waals surface area contributed by atoms with Crippen molar-refractivity contribution in [2.45, 2.75) is 66.8 Å². The number of fused-ring (bicyclic) bond motifs is 1. The summed E-state index contributed by atoms with van der Waals surface area (Å²) in [6.07, 6.45) is 4.24. The van der Waals surface area contributed by atoms with Crippen LogP contribution in [0.5, 0.6) is 0 Å². The molecule has 0 atom stereocenters. The van der Waals surface area contributed by atoms with Gasteiger partial charge in [-0.25, -0.2) is 0 Å². The lowest BCUT2D eigenvalue weighted by Gasteiger charge is -2.34. The summed E-state index contributed by atoms with van der Waals surface area (Å²) in [5, 5.41) is 1.29. The van der Waals surface area contributed by atoms with Gasteiger partial charge >= 0.3 is 0 Å². The average molecular weight is 456 g/mol. The zero-order chi connectivity index (χ0) is 24.6. The minimum atomic E-state index is 0.201. The van der Waals surface area contributed by atoms with Crippen molar-refractivity contribution in [3.05, 3.63) is 41.7 Å². The highest BCUT2D eigenvalue weighted by Crippen LogP contribution is 2.41. The van der Waals surface area contributed by atoms with Gasteiger partial charge < -0.3 is 14.4 Å². The third-order valence-corrected chi connectivity index (χ3v) is 7.70. The smallest absolute Gasteiger partial charge is 0.113 e. The summed E-state index contributed by atoms with van der Waals surface area (Å²) >= 11 is 0. The van der Waals surface area contributed by atoms with E-state index in [-0.39, 0.29) is 5.41 Å². The van der Waals surface area contributed by atoms with Gasteiger partial charge in [0.25, 0.3) is 0 Å². The molecule has 2 aromatic heterocycles. The lowest BCUT2D eigenvalue weighted by molar-refractivity contribution is 0.313. The summed E-state index contributed by atoms with van der Waals surface area (Å²) < 4.78 is 2.49. The third-order valence-electron chi connectivity index (χ3n) is 7.70. The van der Waals surface area contributed by atoms with E-state index in [1.807, 2.05) is 6.07 Å². The number of anilines is 1. The van der Waals surface area contributed by atoms with Gasteiger partial charge in [0, 0.05) is 49.2 Å². The Labute approximate surface area is 207 Å².